The number of nitrogens with zero attached hydrogens (tertiary/aromatic N) is 1. The molecule has 0 radical (unpaired) electrons. The fourth-order valence-corrected chi connectivity index (χ4v) is 7.17. The second-order valence-corrected chi connectivity index (χ2v) is 11.3. The highest BCUT2D eigenvalue weighted by atomic mass is 32.3. The van der Waals surface area contributed by atoms with Gasteiger partial charge in [0.2, 0.25) is 0 Å². The average Bonchev–Trinajstić information content (AvgIpc) is 2.40. The summed E-state index contributed by atoms with van der Waals surface area (Å²) in [6.07, 6.45) is 6.07. The Kier molecular flexibility index (Phi) is 4.44. The molecule has 0 aromatic heterocycles. The van der Waals surface area contributed by atoms with Gasteiger partial charge in [-0.1, -0.05) is 0 Å². The lowest BCUT2D eigenvalue weighted by molar-refractivity contribution is -0.171. The van der Waals surface area contributed by atoms with Crippen LogP contribution in [0.5, 0.6) is 0 Å². The Morgan fingerprint density at radius 2 is 1.52 bits per heavy atom. The van der Waals surface area contributed by atoms with Gasteiger partial charge < -0.3 is 8.86 Å². The van der Waals surface area contributed by atoms with Crippen molar-refractivity contribution in [2.45, 2.75) is 43.8 Å². The standard InChI is InChI=1S/C14H20F2NO6S2/c1-24(19,20)17-25(21,22)14(15,16)12(18)23-8-13-5-9-2-10(6-13)4-11(3-9)7-13/h9-11H,2-8H2,1H3/q-1. The van der Waals surface area contributed by atoms with Crippen molar-refractivity contribution >= 4 is 26.0 Å². The van der Waals surface area contributed by atoms with E-state index in [1.807, 2.05) is 0 Å². The third-order valence-electron chi connectivity index (χ3n) is 5.47. The molecule has 4 aliphatic carbocycles. The monoisotopic (exact) mass is 400 g/mol. The smallest absolute Gasteiger partial charge is 0.424 e. The van der Waals surface area contributed by atoms with Crippen molar-refractivity contribution in [1.29, 1.82) is 0 Å². The maximum atomic E-state index is 13.9. The van der Waals surface area contributed by atoms with Gasteiger partial charge in [0, 0.05) is 11.7 Å². The topological polar surface area (TPSA) is 109 Å². The van der Waals surface area contributed by atoms with E-state index in [0.717, 1.165) is 38.5 Å². The number of halogens is 2. The van der Waals surface area contributed by atoms with Crippen LogP contribution in [0.2, 0.25) is 0 Å². The summed E-state index contributed by atoms with van der Waals surface area (Å²) in [7, 11) is -10.5. The largest absolute Gasteiger partial charge is 0.460 e. The molecule has 0 aliphatic heterocycles. The van der Waals surface area contributed by atoms with Crippen LogP contribution in [-0.2, 0) is 29.6 Å². The van der Waals surface area contributed by atoms with Crippen LogP contribution in [0.25, 0.3) is 4.13 Å². The van der Waals surface area contributed by atoms with E-state index in [9.17, 15) is 30.4 Å². The Morgan fingerprint density at radius 3 is 1.92 bits per heavy atom. The number of rotatable bonds is 6. The Morgan fingerprint density at radius 1 is 1.08 bits per heavy atom. The highest BCUT2D eigenvalue weighted by molar-refractivity contribution is 8.12. The van der Waals surface area contributed by atoms with Crippen LogP contribution in [0, 0.1) is 23.2 Å². The van der Waals surface area contributed by atoms with E-state index in [4.69, 9.17) is 0 Å². The van der Waals surface area contributed by atoms with E-state index in [1.54, 1.807) is 0 Å². The second kappa shape index (κ2) is 5.85. The number of ether oxygens (including phenoxy) is 1. The number of hydrogen-bond donors (Lipinski definition) is 0. The molecule has 0 N–H and O–H groups in total. The fourth-order valence-electron chi connectivity index (χ4n) is 5.10. The Bertz CT molecular complexity index is 742. The lowest BCUT2D eigenvalue weighted by Gasteiger charge is -2.56. The van der Waals surface area contributed by atoms with Gasteiger partial charge in [0.15, 0.2) is 10.0 Å². The maximum absolute atomic E-state index is 13.9. The summed E-state index contributed by atoms with van der Waals surface area (Å²) < 4.78 is 79.1. The van der Waals surface area contributed by atoms with Gasteiger partial charge in [-0.25, -0.2) is 21.6 Å². The van der Waals surface area contributed by atoms with Crippen molar-refractivity contribution in [1.82, 2.24) is 0 Å². The third-order valence-corrected chi connectivity index (χ3v) is 8.15. The van der Waals surface area contributed by atoms with Gasteiger partial charge in [-0.15, -0.1) is 0 Å². The van der Waals surface area contributed by atoms with Crippen LogP contribution in [0.3, 0.4) is 0 Å². The Balaban J connectivity index is 1.68. The van der Waals surface area contributed by atoms with Crippen molar-refractivity contribution in [3.63, 3.8) is 0 Å². The van der Waals surface area contributed by atoms with Gasteiger partial charge in [0.25, 0.3) is 0 Å². The third kappa shape index (κ3) is 3.68. The predicted molar refractivity (Wildman–Crippen MR) is 83.6 cm³/mol. The first kappa shape index (κ1) is 19.0. The Labute approximate surface area is 145 Å². The molecular weight excluding hydrogens is 380 g/mol. The van der Waals surface area contributed by atoms with Crippen LogP contribution < -0.4 is 0 Å². The maximum Gasteiger partial charge on any atom is 0.424 e. The fraction of sp³-hybridized carbons (Fsp3) is 0.929. The molecule has 4 rings (SSSR count). The minimum atomic E-state index is -5.87. The van der Waals surface area contributed by atoms with Gasteiger partial charge in [0.1, 0.15) is 0 Å². The van der Waals surface area contributed by atoms with E-state index >= 15 is 0 Å². The SMILES string of the molecule is CS(=O)(=O)[N-]S(=O)(=O)C(F)(F)C(=O)OCC12CC3CC(CC(C3)C1)C2. The molecule has 0 atom stereocenters. The molecule has 4 bridgehead atoms. The molecule has 0 spiro atoms. The number of hydrogen-bond acceptors (Lipinski definition) is 6. The molecule has 0 unspecified atom stereocenters. The molecule has 7 nitrogen and oxygen atoms in total. The van der Waals surface area contributed by atoms with Crippen LogP contribution in [-0.4, -0.2) is 40.9 Å². The van der Waals surface area contributed by atoms with Gasteiger partial charge in [0.05, 0.1) is 16.6 Å². The van der Waals surface area contributed by atoms with Gasteiger partial charge >= 0.3 is 11.2 Å². The minimum Gasteiger partial charge on any atom is -0.460 e. The van der Waals surface area contributed by atoms with E-state index in [2.05, 4.69) is 8.86 Å². The molecule has 0 amide bonds. The first-order valence-corrected chi connectivity index (χ1v) is 11.3. The average molecular weight is 400 g/mol. The zero-order chi connectivity index (χ0) is 18.7. The van der Waals surface area contributed by atoms with Crippen LogP contribution in [0.4, 0.5) is 8.78 Å². The molecule has 0 aromatic rings. The van der Waals surface area contributed by atoms with Gasteiger partial charge in [-0.3, -0.25) is 0 Å². The van der Waals surface area contributed by atoms with Crippen molar-refractivity contribution in [2.24, 2.45) is 23.2 Å². The predicted octanol–water partition coefficient (Wildman–Crippen LogP) is 2.00. The summed E-state index contributed by atoms with van der Waals surface area (Å²) in [4.78, 5) is 11.7. The second-order valence-electron chi connectivity index (χ2n) is 7.79. The summed E-state index contributed by atoms with van der Waals surface area (Å²) in [6, 6.07) is 0. The Hall–Kier alpha value is -0.810. The quantitative estimate of drug-likeness (QED) is 0.631. The molecule has 144 valence electrons. The number of alkyl halides is 2. The molecule has 0 saturated heterocycles. The van der Waals surface area contributed by atoms with E-state index in [-0.39, 0.29) is 12.0 Å². The summed E-state index contributed by atoms with van der Waals surface area (Å²) >= 11 is 0. The number of sulfonamides is 2. The van der Waals surface area contributed by atoms with Crippen LogP contribution in [0.1, 0.15) is 38.5 Å². The lowest BCUT2D eigenvalue weighted by atomic mass is 9.50. The normalized spacial score (nSPS) is 34.9. The summed E-state index contributed by atoms with van der Waals surface area (Å²) in [5.74, 6) is -0.742. The minimum absolute atomic E-state index is 0.265. The van der Waals surface area contributed by atoms with E-state index in [0.29, 0.717) is 24.0 Å². The zero-order valence-corrected chi connectivity index (χ0v) is 15.3. The first-order chi connectivity index (χ1) is 11.3. The molecule has 25 heavy (non-hydrogen) atoms. The summed E-state index contributed by atoms with van der Waals surface area (Å²) in [5.41, 5.74) is -0.363. The van der Waals surface area contributed by atoms with E-state index < -0.39 is 31.3 Å². The highest BCUT2D eigenvalue weighted by Gasteiger charge is 2.54. The molecule has 0 aromatic carbocycles. The van der Waals surface area contributed by atoms with Crippen molar-refractivity contribution in [3.8, 4) is 0 Å². The van der Waals surface area contributed by atoms with Crippen LogP contribution in [0.15, 0.2) is 0 Å². The zero-order valence-electron chi connectivity index (χ0n) is 13.7. The molecule has 4 aliphatic rings. The molecule has 11 heteroatoms. The number of carbonyl (C=O) groups is 1. The molecule has 4 saturated carbocycles. The van der Waals surface area contributed by atoms with Crippen LogP contribution >= 0.6 is 0 Å². The molecule has 0 heterocycles. The van der Waals surface area contributed by atoms with Crippen molar-refractivity contribution < 1.29 is 35.1 Å². The summed E-state index contributed by atoms with van der Waals surface area (Å²) in [5, 5.41) is -5.03. The van der Waals surface area contributed by atoms with Gasteiger partial charge in [-0.05, 0) is 56.3 Å². The van der Waals surface area contributed by atoms with E-state index in [1.165, 1.54) is 0 Å². The van der Waals surface area contributed by atoms with Crippen molar-refractivity contribution in [3.05, 3.63) is 4.13 Å². The number of esters is 1. The van der Waals surface area contributed by atoms with Gasteiger partial charge in [-0.2, -0.15) is 8.78 Å². The first-order valence-electron chi connectivity index (χ1n) is 8.06. The summed E-state index contributed by atoms with van der Waals surface area (Å²) in [6.45, 7) is -0.265. The lowest BCUT2D eigenvalue weighted by Crippen LogP contribution is -2.49. The van der Waals surface area contributed by atoms with Crippen molar-refractivity contribution in [2.75, 3.05) is 12.9 Å². The highest BCUT2D eigenvalue weighted by Crippen LogP contribution is 2.60. The molecule has 4 fully saturated rings. The molecular formula is C14H20F2NO6S2-. The number of carbonyl (C=O) groups excluding carboxylic acids is 1.